The monoisotopic (exact) mass is 284 g/mol. The van der Waals surface area contributed by atoms with Crippen molar-refractivity contribution in [2.75, 3.05) is 0 Å². The van der Waals surface area contributed by atoms with Crippen molar-refractivity contribution in [1.82, 2.24) is 0 Å². The van der Waals surface area contributed by atoms with E-state index in [1.54, 1.807) is 5.57 Å². The van der Waals surface area contributed by atoms with Crippen LogP contribution in [0.15, 0.2) is 35.5 Å². The number of allylic oxidation sites excluding steroid dienone is 6. The fourth-order valence-corrected chi connectivity index (χ4v) is 5.49. The zero-order valence-corrected chi connectivity index (χ0v) is 14.4. The van der Waals surface area contributed by atoms with Crippen LogP contribution in [-0.4, -0.2) is 0 Å². The maximum absolute atomic E-state index is 2.60. The van der Waals surface area contributed by atoms with Crippen LogP contribution >= 0.6 is 0 Å². The van der Waals surface area contributed by atoms with Gasteiger partial charge in [-0.3, -0.25) is 0 Å². The van der Waals surface area contributed by atoms with Crippen molar-refractivity contribution in [1.29, 1.82) is 0 Å². The molecule has 5 unspecified atom stereocenters. The van der Waals surface area contributed by atoms with Gasteiger partial charge in [0.25, 0.3) is 0 Å². The fourth-order valence-electron chi connectivity index (χ4n) is 5.49. The topological polar surface area (TPSA) is 0 Å². The smallest absolute Gasteiger partial charge is 0.0199 e. The maximum Gasteiger partial charge on any atom is -0.0199 e. The SMILES string of the molecule is CC1=C/C=C/C2CCC3(C)C(C)CCC3C2CC\C(C)=C\1. The highest BCUT2D eigenvalue weighted by Gasteiger charge is 2.51. The summed E-state index contributed by atoms with van der Waals surface area (Å²) in [6.07, 6.45) is 18.0. The van der Waals surface area contributed by atoms with Crippen LogP contribution in [0.4, 0.5) is 0 Å². The molecule has 2 saturated carbocycles. The van der Waals surface area contributed by atoms with Crippen molar-refractivity contribution >= 4 is 0 Å². The molecule has 0 radical (unpaired) electrons. The van der Waals surface area contributed by atoms with Crippen molar-refractivity contribution in [3.63, 3.8) is 0 Å². The molecule has 5 atom stereocenters. The third kappa shape index (κ3) is 2.79. The molecular weight excluding hydrogens is 252 g/mol. The lowest BCUT2D eigenvalue weighted by Crippen LogP contribution is -2.40. The molecule has 0 aromatic carbocycles. The van der Waals surface area contributed by atoms with E-state index in [0.717, 1.165) is 23.7 Å². The highest BCUT2D eigenvalue weighted by molar-refractivity contribution is 5.26. The zero-order chi connectivity index (χ0) is 15.0. The van der Waals surface area contributed by atoms with Gasteiger partial charge in [0.2, 0.25) is 0 Å². The molecule has 0 amide bonds. The molecule has 0 aromatic heterocycles. The average molecular weight is 284 g/mol. The van der Waals surface area contributed by atoms with E-state index < -0.39 is 0 Å². The summed E-state index contributed by atoms with van der Waals surface area (Å²) in [4.78, 5) is 0. The highest BCUT2D eigenvalue weighted by atomic mass is 14.6. The van der Waals surface area contributed by atoms with Crippen molar-refractivity contribution in [3.05, 3.63) is 35.5 Å². The summed E-state index contributed by atoms with van der Waals surface area (Å²) in [5, 5.41) is 0. The van der Waals surface area contributed by atoms with Gasteiger partial charge in [0.1, 0.15) is 0 Å². The molecular formula is C21H32. The van der Waals surface area contributed by atoms with Gasteiger partial charge in [-0.1, -0.05) is 49.3 Å². The van der Waals surface area contributed by atoms with Gasteiger partial charge in [0, 0.05) is 0 Å². The minimum atomic E-state index is 0.627. The van der Waals surface area contributed by atoms with Crippen molar-refractivity contribution in [3.8, 4) is 0 Å². The summed E-state index contributed by atoms with van der Waals surface area (Å²) < 4.78 is 0. The lowest BCUT2D eigenvalue weighted by molar-refractivity contribution is 0.0282. The number of hydrogen-bond donors (Lipinski definition) is 0. The van der Waals surface area contributed by atoms with E-state index in [1.165, 1.54) is 44.1 Å². The summed E-state index contributed by atoms with van der Waals surface area (Å²) in [6.45, 7) is 9.65. The normalized spacial score (nSPS) is 50.1. The summed E-state index contributed by atoms with van der Waals surface area (Å²) in [5.74, 6) is 3.64. The molecule has 0 nitrogen and oxygen atoms in total. The Hall–Kier alpha value is -0.780. The van der Waals surface area contributed by atoms with Gasteiger partial charge in [-0.05, 0) is 81.5 Å². The number of fused-ring (bicyclic) bond motifs is 3. The molecule has 3 aliphatic rings. The molecule has 116 valence electrons. The van der Waals surface area contributed by atoms with Crippen molar-refractivity contribution in [2.45, 2.75) is 66.2 Å². The van der Waals surface area contributed by atoms with E-state index in [2.05, 4.69) is 52.0 Å². The molecule has 0 spiro atoms. The average Bonchev–Trinajstić information content (AvgIpc) is 2.73. The van der Waals surface area contributed by atoms with Crippen LogP contribution < -0.4 is 0 Å². The first kappa shape index (κ1) is 15.1. The quantitative estimate of drug-likeness (QED) is 0.489. The van der Waals surface area contributed by atoms with E-state index in [-0.39, 0.29) is 0 Å². The fraction of sp³-hybridized carbons (Fsp3) is 0.714. The summed E-state index contributed by atoms with van der Waals surface area (Å²) >= 11 is 0. The molecule has 0 saturated heterocycles. The van der Waals surface area contributed by atoms with E-state index in [0.29, 0.717) is 5.41 Å². The molecule has 0 heterocycles. The van der Waals surface area contributed by atoms with E-state index in [4.69, 9.17) is 0 Å². The molecule has 0 N–H and O–H groups in total. The number of hydrogen-bond acceptors (Lipinski definition) is 0. The van der Waals surface area contributed by atoms with Crippen molar-refractivity contribution < 1.29 is 0 Å². The Kier molecular flexibility index (Phi) is 4.17. The van der Waals surface area contributed by atoms with Gasteiger partial charge >= 0.3 is 0 Å². The minimum absolute atomic E-state index is 0.627. The number of rotatable bonds is 0. The standard InChI is InChI=1S/C21H32/c1-15-6-5-7-18-12-13-21(4)17(3)9-11-20(21)19(18)10-8-16(2)14-15/h5-7,14,17-20H,8-13H2,1-4H3/b7-5+,15-6-,16-14+. The van der Waals surface area contributed by atoms with Gasteiger partial charge in [-0.2, -0.15) is 0 Å². The minimum Gasteiger partial charge on any atom is -0.0811 e. The molecule has 0 aliphatic heterocycles. The second-order valence-electron chi connectivity index (χ2n) is 8.28. The zero-order valence-electron chi connectivity index (χ0n) is 14.4. The second-order valence-corrected chi connectivity index (χ2v) is 8.28. The molecule has 0 heteroatoms. The lowest BCUT2D eigenvalue weighted by Gasteiger charge is -2.48. The molecule has 0 bridgehead atoms. The molecule has 3 aliphatic carbocycles. The molecule has 21 heavy (non-hydrogen) atoms. The molecule has 3 rings (SSSR count). The first-order chi connectivity index (χ1) is 10.0. The van der Waals surface area contributed by atoms with Crippen LogP contribution in [0.5, 0.6) is 0 Å². The first-order valence-corrected chi connectivity index (χ1v) is 9.03. The summed E-state index contributed by atoms with van der Waals surface area (Å²) in [7, 11) is 0. The van der Waals surface area contributed by atoms with Crippen LogP contribution in [0.2, 0.25) is 0 Å². The van der Waals surface area contributed by atoms with Crippen molar-refractivity contribution in [2.24, 2.45) is 29.1 Å². The van der Waals surface area contributed by atoms with Crippen LogP contribution in [0.1, 0.15) is 66.2 Å². The Balaban J connectivity index is 1.88. The Morgan fingerprint density at radius 2 is 1.90 bits per heavy atom. The van der Waals surface area contributed by atoms with Crippen LogP contribution in [0.25, 0.3) is 0 Å². The third-order valence-corrected chi connectivity index (χ3v) is 7.03. The largest absolute Gasteiger partial charge is 0.0811 e. The third-order valence-electron chi connectivity index (χ3n) is 7.03. The summed E-state index contributed by atoms with van der Waals surface area (Å²) in [5.41, 5.74) is 3.59. The molecule has 2 fully saturated rings. The van der Waals surface area contributed by atoms with E-state index in [9.17, 15) is 0 Å². The van der Waals surface area contributed by atoms with Crippen LogP contribution in [0.3, 0.4) is 0 Å². The van der Waals surface area contributed by atoms with E-state index >= 15 is 0 Å². The van der Waals surface area contributed by atoms with E-state index in [1.807, 2.05) is 0 Å². The Bertz CT molecular complexity index is 478. The van der Waals surface area contributed by atoms with Crippen LogP contribution in [-0.2, 0) is 0 Å². The highest BCUT2D eigenvalue weighted by Crippen LogP contribution is 2.60. The Labute approximate surface area is 131 Å². The van der Waals surface area contributed by atoms with Gasteiger partial charge in [0.05, 0.1) is 0 Å². The summed E-state index contributed by atoms with van der Waals surface area (Å²) in [6, 6.07) is 0. The predicted molar refractivity (Wildman–Crippen MR) is 92.1 cm³/mol. The molecule has 0 aromatic rings. The Morgan fingerprint density at radius 1 is 1.10 bits per heavy atom. The lowest BCUT2D eigenvalue weighted by atomic mass is 9.57. The first-order valence-electron chi connectivity index (χ1n) is 9.03. The predicted octanol–water partition coefficient (Wildman–Crippen LogP) is 6.31. The van der Waals surface area contributed by atoms with Gasteiger partial charge < -0.3 is 0 Å². The van der Waals surface area contributed by atoms with Crippen LogP contribution in [0, 0.1) is 29.1 Å². The van der Waals surface area contributed by atoms with Gasteiger partial charge in [-0.25, -0.2) is 0 Å². The maximum atomic E-state index is 2.60. The van der Waals surface area contributed by atoms with Gasteiger partial charge in [-0.15, -0.1) is 0 Å². The van der Waals surface area contributed by atoms with Gasteiger partial charge in [0.15, 0.2) is 0 Å². The second kappa shape index (κ2) is 5.78. The Morgan fingerprint density at radius 3 is 2.71 bits per heavy atom.